The molecule has 5 aromatic carbocycles. The van der Waals surface area contributed by atoms with E-state index in [0.29, 0.717) is 52.1 Å². The van der Waals surface area contributed by atoms with E-state index in [0.717, 1.165) is 32.7 Å². The van der Waals surface area contributed by atoms with Crippen molar-refractivity contribution in [2.24, 2.45) is 0 Å². The second kappa shape index (κ2) is 12.6. The zero-order chi connectivity index (χ0) is 34.6. The Hall–Kier alpha value is -4.20. The molecule has 0 unspecified atom stereocenters. The van der Waals surface area contributed by atoms with Gasteiger partial charge in [0, 0.05) is 33.4 Å². The largest absolute Gasteiger partial charge is 0.369 e. The highest BCUT2D eigenvalue weighted by molar-refractivity contribution is 6.90. The normalized spacial score (nSPS) is 20.6. The summed E-state index contributed by atoms with van der Waals surface area (Å²) in [5.41, 5.74) is 5.52. The lowest BCUT2D eigenvalue weighted by Crippen LogP contribution is -2.45. The minimum Gasteiger partial charge on any atom is -0.369 e. The Morgan fingerprint density at radius 1 is 0.592 bits per heavy atom. The molecule has 1 saturated heterocycles. The Kier molecular flexibility index (Phi) is 8.56. The van der Waals surface area contributed by atoms with Gasteiger partial charge in [0.05, 0.1) is 13.2 Å². The van der Waals surface area contributed by atoms with E-state index in [1.807, 2.05) is 97.1 Å². The van der Waals surface area contributed by atoms with Crippen LogP contribution in [-0.4, -0.2) is 31.5 Å². The second-order valence-electron chi connectivity index (χ2n) is 14.5. The SMILES string of the molecule is CC(C)[Si](C#CC1(O)c2cc3ccccc3cc2C(O)(C#Cc2ccc(C3OCCO3)cc2)c2cc3ccccc3cc21)(C(C)C)C(C)C. The average molecular weight is 665 g/mol. The van der Waals surface area contributed by atoms with Crippen LogP contribution < -0.4 is 0 Å². The van der Waals surface area contributed by atoms with Gasteiger partial charge in [-0.15, -0.1) is 5.54 Å². The maximum Gasteiger partial charge on any atom is 0.184 e. The van der Waals surface area contributed by atoms with E-state index in [4.69, 9.17) is 9.47 Å². The molecule has 2 N–H and O–H groups in total. The Labute approximate surface area is 291 Å². The quantitative estimate of drug-likeness (QED) is 0.149. The summed E-state index contributed by atoms with van der Waals surface area (Å²) in [7, 11) is -2.25. The van der Waals surface area contributed by atoms with Crippen molar-refractivity contribution in [2.75, 3.05) is 13.2 Å². The molecule has 0 atom stereocenters. The summed E-state index contributed by atoms with van der Waals surface area (Å²) in [4.78, 5) is 0. The van der Waals surface area contributed by atoms with Gasteiger partial charge in [0.25, 0.3) is 0 Å². The molecule has 0 radical (unpaired) electrons. The van der Waals surface area contributed by atoms with E-state index in [2.05, 4.69) is 64.8 Å². The molecule has 0 bridgehead atoms. The molecule has 0 amide bonds. The molecule has 2 aliphatic rings. The van der Waals surface area contributed by atoms with Crippen molar-refractivity contribution in [3.8, 4) is 23.3 Å². The third-order valence-electron chi connectivity index (χ3n) is 10.8. The molecule has 7 rings (SSSR count). The summed E-state index contributed by atoms with van der Waals surface area (Å²) in [6.45, 7) is 14.8. The fourth-order valence-electron chi connectivity index (χ4n) is 8.31. The van der Waals surface area contributed by atoms with Crippen LogP contribution in [0.15, 0.2) is 97.1 Å². The number of fused-ring (bicyclic) bond motifs is 4. The van der Waals surface area contributed by atoms with E-state index in [-0.39, 0.29) is 6.29 Å². The van der Waals surface area contributed by atoms with Gasteiger partial charge in [-0.2, -0.15) is 0 Å². The topological polar surface area (TPSA) is 58.9 Å². The smallest absolute Gasteiger partial charge is 0.184 e. The standard InChI is InChI=1S/C44H44O4Si/c1-29(2)49(30(3)4,31(5)6)24-21-44(46)40-27-36-13-9-7-11-34(36)25-38(40)43(45,39-26-35-12-8-10-14-37(35)28-41(39)44)20-19-32-15-17-33(18-16-32)42-47-22-23-48-42/h7-18,25-31,42,45-46H,22-23H2,1-6H3. The summed E-state index contributed by atoms with van der Waals surface area (Å²) in [5.74, 6) is 10.1. The van der Waals surface area contributed by atoms with E-state index in [1.54, 1.807) is 0 Å². The molecule has 248 valence electrons. The van der Waals surface area contributed by atoms with E-state index in [9.17, 15) is 10.2 Å². The van der Waals surface area contributed by atoms with Gasteiger partial charge in [0.1, 0.15) is 8.07 Å². The molecule has 0 saturated carbocycles. The van der Waals surface area contributed by atoms with E-state index < -0.39 is 19.3 Å². The molecular formula is C44H44O4Si. The summed E-state index contributed by atoms with van der Waals surface area (Å²) < 4.78 is 11.3. The van der Waals surface area contributed by atoms with Crippen LogP contribution in [0.4, 0.5) is 0 Å². The van der Waals surface area contributed by atoms with Crippen LogP contribution in [0.3, 0.4) is 0 Å². The van der Waals surface area contributed by atoms with Gasteiger partial charge >= 0.3 is 0 Å². The lowest BCUT2D eigenvalue weighted by Gasteiger charge is -2.42. The zero-order valence-corrected chi connectivity index (χ0v) is 30.2. The molecule has 0 aromatic heterocycles. The second-order valence-corrected chi connectivity index (χ2v) is 20.1. The van der Waals surface area contributed by atoms with Crippen molar-refractivity contribution in [1.29, 1.82) is 0 Å². The fourth-order valence-corrected chi connectivity index (χ4v) is 13.6. The first-order valence-corrected chi connectivity index (χ1v) is 19.6. The van der Waals surface area contributed by atoms with E-state index >= 15 is 0 Å². The lowest BCUT2D eigenvalue weighted by molar-refractivity contribution is -0.0441. The average Bonchev–Trinajstić information content (AvgIpc) is 3.64. The first kappa shape index (κ1) is 33.3. The predicted molar refractivity (Wildman–Crippen MR) is 201 cm³/mol. The van der Waals surface area contributed by atoms with Gasteiger partial charge in [-0.05, 0) is 74.6 Å². The first-order chi connectivity index (χ1) is 23.5. The Morgan fingerprint density at radius 2 is 0.980 bits per heavy atom. The number of benzene rings is 5. The van der Waals surface area contributed by atoms with Crippen molar-refractivity contribution in [1.82, 2.24) is 0 Å². The molecule has 4 nitrogen and oxygen atoms in total. The van der Waals surface area contributed by atoms with Gasteiger partial charge in [0.2, 0.25) is 0 Å². The van der Waals surface area contributed by atoms with Gasteiger partial charge in [-0.3, -0.25) is 0 Å². The monoisotopic (exact) mass is 664 g/mol. The van der Waals surface area contributed by atoms with Crippen molar-refractivity contribution >= 4 is 29.6 Å². The Bertz CT molecular complexity index is 2060. The molecule has 1 fully saturated rings. The molecule has 49 heavy (non-hydrogen) atoms. The Morgan fingerprint density at radius 3 is 1.37 bits per heavy atom. The van der Waals surface area contributed by atoms with Crippen molar-refractivity contribution in [2.45, 2.75) is 75.7 Å². The van der Waals surface area contributed by atoms with Gasteiger partial charge in [-0.25, -0.2) is 0 Å². The number of hydrogen-bond donors (Lipinski definition) is 2. The maximum absolute atomic E-state index is 13.2. The molecule has 5 heteroatoms. The number of rotatable bonds is 4. The maximum atomic E-state index is 13.2. The fraction of sp³-hybridized carbons (Fsp3) is 0.318. The summed E-state index contributed by atoms with van der Waals surface area (Å²) in [6, 6.07) is 31.9. The third-order valence-corrected chi connectivity index (χ3v) is 17.1. The lowest BCUT2D eigenvalue weighted by atomic mass is 9.67. The summed E-state index contributed by atoms with van der Waals surface area (Å²) in [5, 5.41) is 30.1. The summed E-state index contributed by atoms with van der Waals surface area (Å²) in [6.07, 6.45) is -0.368. The van der Waals surface area contributed by atoms with Crippen molar-refractivity contribution < 1.29 is 19.7 Å². The summed E-state index contributed by atoms with van der Waals surface area (Å²) >= 11 is 0. The Balaban J connectivity index is 1.50. The van der Waals surface area contributed by atoms with E-state index in [1.165, 1.54) is 0 Å². The van der Waals surface area contributed by atoms with Gasteiger partial charge in [-0.1, -0.05) is 120 Å². The molecule has 1 heterocycles. The molecule has 1 aliphatic heterocycles. The van der Waals surface area contributed by atoms with Gasteiger partial charge in [0.15, 0.2) is 17.5 Å². The molecule has 0 spiro atoms. The van der Waals surface area contributed by atoms with Crippen molar-refractivity contribution in [3.63, 3.8) is 0 Å². The van der Waals surface area contributed by atoms with Crippen LogP contribution in [0.5, 0.6) is 0 Å². The van der Waals surface area contributed by atoms with Crippen LogP contribution in [0.25, 0.3) is 21.5 Å². The van der Waals surface area contributed by atoms with Crippen LogP contribution in [0.2, 0.25) is 16.6 Å². The zero-order valence-electron chi connectivity index (χ0n) is 29.2. The van der Waals surface area contributed by atoms with Crippen molar-refractivity contribution in [3.05, 3.63) is 130 Å². The molecular weight excluding hydrogens is 621 g/mol. The highest BCUT2D eigenvalue weighted by Gasteiger charge is 2.50. The highest BCUT2D eigenvalue weighted by atomic mass is 28.3. The van der Waals surface area contributed by atoms with Crippen LogP contribution in [0.1, 0.15) is 81.2 Å². The van der Waals surface area contributed by atoms with Crippen LogP contribution in [0, 0.1) is 23.3 Å². The number of ether oxygens (including phenoxy) is 2. The minimum absolute atomic E-state index is 0.368. The van der Waals surface area contributed by atoms with Crippen LogP contribution >= 0.6 is 0 Å². The number of hydrogen-bond acceptors (Lipinski definition) is 4. The van der Waals surface area contributed by atoms with Crippen LogP contribution in [-0.2, 0) is 20.7 Å². The third kappa shape index (κ3) is 5.51. The predicted octanol–water partition coefficient (Wildman–Crippen LogP) is 9.10. The molecule has 1 aliphatic carbocycles. The minimum atomic E-state index is -2.25. The number of aliphatic hydroxyl groups is 2. The highest BCUT2D eigenvalue weighted by Crippen LogP contribution is 2.50. The van der Waals surface area contributed by atoms with Gasteiger partial charge < -0.3 is 19.7 Å². The molecule has 5 aromatic rings. The first-order valence-electron chi connectivity index (χ1n) is 17.4.